The highest BCUT2D eigenvalue weighted by Gasteiger charge is 2.07. The molecule has 0 amide bonds. The van der Waals surface area contributed by atoms with Gasteiger partial charge >= 0.3 is 7.83 Å². The number of halogens is 3. The number of ketones is 1. The first-order valence-electron chi connectivity index (χ1n) is 5.38. The molecule has 0 atom stereocenters. The van der Waals surface area contributed by atoms with Crippen LogP contribution < -0.4 is 0 Å². The van der Waals surface area contributed by atoms with Crippen LogP contribution in [0.25, 0.3) is 0 Å². The van der Waals surface area contributed by atoms with Crippen molar-refractivity contribution in [1.82, 2.24) is 4.98 Å². The van der Waals surface area contributed by atoms with Gasteiger partial charge in [0.25, 0.3) is 0 Å². The molecule has 0 saturated carbocycles. The van der Waals surface area contributed by atoms with E-state index in [1.807, 2.05) is 18.2 Å². The van der Waals surface area contributed by atoms with Crippen LogP contribution in [0.5, 0.6) is 0 Å². The maximum absolute atomic E-state index is 11.9. The van der Waals surface area contributed by atoms with Crippen molar-refractivity contribution >= 4 is 25.2 Å². The Morgan fingerprint density at radius 1 is 1.21 bits per heavy atom. The molecule has 19 heavy (non-hydrogen) atoms. The molecule has 1 aromatic carbocycles. The molecule has 0 aliphatic carbocycles. The van der Waals surface area contributed by atoms with Crippen molar-refractivity contribution in [3.63, 3.8) is 0 Å². The van der Waals surface area contributed by atoms with Gasteiger partial charge in [-0.15, -0.1) is 0 Å². The largest absolute Gasteiger partial charge is 0.577 e. The molecular weight excluding hydrogens is 270 g/mol. The van der Waals surface area contributed by atoms with Crippen molar-refractivity contribution in [2.75, 3.05) is 0 Å². The number of benzene rings is 1. The van der Waals surface area contributed by atoms with Gasteiger partial charge < -0.3 is 0 Å². The Balaban J connectivity index is 0.000000550. The summed E-state index contributed by atoms with van der Waals surface area (Å²) in [5.41, 5.74) is 1.39. The fourth-order valence-electron chi connectivity index (χ4n) is 1.43. The van der Waals surface area contributed by atoms with Gasteiger partial charge in [0.2, 0.25) is 0 Å². The fourth-order valence-corrected chi connectivity index (χ4v) is 1.62. The van der Waals surface area contributed by atoms with Crippen LogP contribution in [0.1, 0.15) is 16.1 Å². The van der Waals surface area contributed by atoms with E-state index in [0.29, 0.717) is 17.0 Å². The van der Waals surface area contributed by atoms with Crippen LogP contribution >= 0.6 is 11.6 Å². The molecule has 1 heterocycles. The summed E-state index contributed by atoms with van der Waals surface area (Å²) in [5.74, 6) is 0.0289. The first-order chi connectivity index (χ1) is 9.17. The number of pyridine rings is 1. The molecule has 6 heteroatoms. The highest BCUT2D eigenvalue weighted by molar-refractivity contribution is 6.31. The smallest absolute Gasteiger partial charge is 0.294 e. The summed E-state index contributed by atoms with van der Waals surface area (Å²) in [4.78, 5) is 16.0. The van der Waals surface area contributed by atoms with E-state index in [0.717, 1.165) is 5.69 Å². The first-order valence-corrected chi connectivity index (χ1v) is 5.76. The standard InChI is InChI=1S/C13H10ClNO.BF2/c14-11-5-3-4-10(8-11)13(16)9-12-6-1-2-7-15-12;2-1-3/h1-8H,9H2;. The van der Waals surface area contributed by atoms with Crippen molar-refractivity contribution < 1.29 is 13.4 Å². The quantitative estimate of drug-likeness (QED) is 0.635. The summed E-state index contributed by atoms with van der Waals surface area (Å²) >= 11 is 5.82. The molecule has 1 aromatic heterocycles. The zero-order chi connectivity index (χ0) is 14.1. The second kappa shape index (κ2) is 8.37. The average molecular weight is 280 g/mol. The van der Waals surface area contributed by atoms with Gasteiger partial charge in [0, 0.05) is 22.5 Å². The third-order valence-corrected chi connectivity index (χ3v) is 2.45. The van der Waals surface area contributed by atoms with Gasteiger partial charge in [-0.3, -0.25) is 18.4 Å². The maximum Gasteiger partial charge on any atom is 0.577 e. The Kier molecular flexibility index (Phi) is 6.75. The molecular formula is C13H10BClF2NO. The third kappa shape index (κ3) is 5.61. The molecule has 0 N–H and O–H groups in total. The van der Waals surface area contributed by atoms with Gasteiger partial charge in [0.1, 0.15) is 0 Å². The lowest BCUT2D eigenvalue weighted by atomic mass is 10.1. The molecule has 0 aliphatic heterocycles. The normalized spacial score (nSPS) is 9.21. The van der Waals surface area contributed by atoms with Gasteiger partial charge in [-0.25, -0.2) is 0 Å². The van der Waals surface area contributed by atoms with Crippen molar-refractivity contribution in [2.24, 2.45) is 0 Å². The highest BCUT2D eigenvalue weighted by atomic mass is 35.5. The molecule has 97 valence electrons. The summed E-state index contributed by atoms with van der Waals surface area (Å²) < 4.78 is 19.0. The second-order valence-electron chi connectivity index (χ2n) is 3.51. The van der Waals surface area contributed by atoms with E-state index >= 15 is 0 Å². The molecule has 0 bridgehead atoms. The zero-order valence-electron chi connectivity index (χ0n) is 9.89. The van der Waals surface area contributed by atoms with E-state index < -0.39 is 7.83 Å². The van der Waals surface area contributed by atoms with E-state index in [2.05, 4.69) is 4.98 Å². The lowest BCUT2D eigenvalue weighted by molar-refractivity contribution is 0.0992. The highest BCUT2D eigenvalue weighted by Crippen LogP contribution is 2.12. The molecule has 1 radical (unpaired) electrons. The molecule has 2 rings (SSSR count). The van der Waals surface area contributed by atoms with Crippen molar-refractivity contribution in [3.05, 3.63) is 64.9 Å². The Labute approximate surface area is 115 Å². The van der Waals surface area contributed by atoms with Gasteiger partial charge in [0.05, 0.1) is 6.42 Å². The van der Waals surface area contributed by atoms with Crippen LogP contribution in [0.3, 0.4) is 0 Å². The van der Waals surface area contributed by atoms with Crippen LogP contribution in [0.4, 0.5) is 8.63 Å². The summed E-state index contributed by atoms with van der Waals surface area (Å²) in [6.07, 6.45) is 1.99. The lowest BCUT2D eigenvalue weighted by Crippen LogP contribution is -2.04. The molecule has 2 aromatic rings. The topological polar surface area (TPSA) is 30.0 Å². The maximum atomic E-state index is 11.9. The summed E-state index contributed by atoms with van der Waals surface area (Å²) in [6.45, 7) is 0. The Hall–Kier alpha value is -1.75. The summed E-state index contributed by atoms with van der Waals surface area (Å²) in [7, 11) is -1.00. The Morgan fingerprint density at radius 3 is 2.53 bits per heavy atom. The van der Waals surface area contributed by atoms with Crippen LogP contribution in [0, 0.1) is 0 Å². The van der Waals surface area contributed by atoms with Gasteiger partial charge in [-0.05, 0) is 24.3 Å². The number of nitrogens with zero attached hydrogens (tertiary/aromatic N) is 1. The molecule has 0 fully saturated rings. The van der Waals surface area contributed by atoms with Crippen molar-refractivity contribution in [3.8, 4) is 0 Å². The van der Waals surface area contributed by atoms with Gasteiger partial charge in [0.15, 0.2) is 5.78 Å². The predicted octanol–water partition coefficient (Wildman–Crippen LogP) is 3.62. The number of rotatable bonds is 3. The minimum Gasteiger partial charge on any atom is -0.294 e. The third-order valence-electron chi connectivity index (χ3n) is 2.21. The summed E-state index contributed by atoms with van der Waals surface area (Å²) in [6, 6.07) is 12.5. The molecule has 0 unspecified atom stereocenters. The monoisotopic (exact) mass is 280 g/mol. The Bertz CT molecular complexity index is 525. The van der Waals surface area contributed by atoms with E-state index in [4.69, 9.17) is 11.6 Å². The average Bonchev–Trinajstić information content (AvgIpc) is 2.41. The fraction of sp³-hybridized carbons (Fsp3) is 0.0769. The number of Topliss-reactive ketones (excluding diaryl/α,β-unsaturated/α-hetero) is 1. The van der Waals surface area contributed by atoms with Crippen LogP contribution in [-0.4, -0.2) is 18.6 Å². The van der Waals surface area contributed by atoms with Crippen molar-refractivity contribution in [2.45, 2.75) is 6.42 Å². The van der Waals surface area contributed by atoms with E-state index in [1.54, 1.807) is 30.5 Å². The van der Waals surface area contributed by atoms with E-state index in [-0.39, 0.29) is 5.78 Å². The molecule has 2 nitrogen and oxygen atoms in total. The first kappa shape index (κ1) is 15.3. The Morgan fingerprint density at radius 2 is 1.95 bits per heavy atom. The number of hydrogen-bond donors (Lipinski definition) is 0. The number of aromatic nitrogens is 1. The van der Waals surface area contributed by atoms with E-state index in [1.165, 1.54) is 0 Å². The zero-order valence-corrected chi connectivity index (χ0v) is 10.6. The van der Waals surface area contributed by atoms with Gasteiger partial charge in [-0.2, -0.15) is 0 Å². The number of hydrogen-bond acceptors (Lipinski definition) is 2. The van der Waals surface area contributed by atoms with Crippen molar-refractivity contribution in [1.29, 1.82) is 0 Å². The van der Waals surface area contributed by atoms with E-state index in [9.17, 15) is 13.4 Å². The number of carbonyl (C=O) groups excluding carboxylic acids is 1. The molecule has 0 spiro atoms. The van der Waals surface area contributed by atoms with Gasteiger partial charge in [-0.1, -0.05) is 29.8 Å². The second-order valence-corrected chi connectivity index (χ2v) is 3.95. The SMILES string of the molecule is F[B]F.O=C(Cc1ccccn1)c1cccc(Cl)c1. The minimum atomic E-state index is -1.00. The minimum absolute atomic E-state index is 0.0289. The lowest BCUT2D eigenvalue weighted by Gasteiger charge is -2.01. The van der Waals surface area contributed by atoms with Crippen LogP contribution in [-0.2, 0) is 6.42 Å². The predicted molar refractivity (Wildman–Crippen MR) is 71.7 cm³/mol. The number of carbonyl (C=O) groups is 1. The van der Waals surface area contributed by atoms with Crippen LogP contribution in [0.2, 0.25) is 5.02 Å². The molecule has 0 saturated heterocycles. The summed E-state index contributed by atoms with van der Waals surface area (Å²) in [5, 5.41) is 0.576. The molecule has 0 aliphatic rings. The van der Waals surface area contributed by atoms with Crippen LogP contribution in [0.15, 0.2) is 48.7 Å².